The van der Waals surface area contributed by atoms with Crippen LogP contribution in [-0.4, -0.2) is 43.2 Å². The Morgan fingerprint density at radius 2 is 2.04 bits per heavy atom. The Labute approximate surface area is 160 Å². The highest BCUT2D eigenvalue weighted by Crippen LogP contribution is 2.40. The first-order valence-corrected chi connectivity index (χ1v) is 9.25. The number of alkyl halides is 3. The molecular formula is C17H15F4NO5S. The largest absolute Gasteiger partial charge is 0.522 e. The highest BCUT2D eigenvalue weighted by molar-refractivity contribution is 8.14. The number of furan rings is 1. The van der Waals surface area contributed by atoms with Gasteiger partial charge in [0, 0.05) is 17.5 Å². The average Bonchev–Trinajstić information content (AvgIpc) is 3.35. The molecule has 0 saturated carbocycles. The molecule has 2 saturated heterocycles. The van der Waals surface area contributed by atoms with Crippen molar-refractivity contribution >= 4 is 33.7 Å². The Balaban J connectivity index is 1.64. The van der Waals surface area contributed by atoms with Crippen LogP contribution in [0.5, 0.6) is 0 Å². The van der Waals surface area contributed by atoms with E-state index >= 15 is 0 Å². The SMILES string of the molecule is Cc1c(C2OCCO2)cc2c(N3C[C@H](COC(F)(F)F)SC3=O)coc2c1F. The van der Waals surface area contributed by atoms with Crippen molar-refractivity contribution in [2.45, 2.75) is 24.8 Å². The summed E-state index contributed by atoms with van der Waals surface area (Å²) in [5.41, 5.74) is 1.02. The Morgan fingerprint density at radius 3 is 2.71 bits per heavy atom. The number of amides is 1. The molecule has 0 spiro atoms. The topological polar surface area (TPSA) is 61.1 Å². The molecule has 0 unspecified atom stereocenters. The minimum atomic E-state index is -4.77. The summed E-state index contributed by atoms with van der Waals surface area (Å²) < 4.78 is 71.5. The summed E-state index contributed by atoms with van der Waals surface area (Å²) in [6.07, 6.45) is -4.27. The molecule has 2 aliphatic heterocycles. The fraction of sp³-hybridized carbons (Fsp3) is 0.471. The maximum atomic E-state index is 14.8. The van der Waals surface area contributed by atoms with E-state index in [9.17, 15) is 22.4 Å². The molecule has 0 aliphatic carbocycles. The molecule has 3 heterocycles. The van der Waals surface area contributed by atoms with E-state index in [-0.39, 0.29) is 17.8 Å². The summed E-state index contributed by atoms with van der Waals surface area (Å²) in [4.78, 5) is 13.6. The van der Waals surface area contributed by atoms with Gasteiger partial charge in [0.05, 0.1) is 30.8 Å². The summed E-state index contributed by atoms with van der Waals surface area (Å²) in [6.45, 7) is 1.65. The molecule has 1 aromatic heterocycles. The van der Waals surface area contributed by atoms with E-state index in [0.717, 1.165) is 11.8 Å². The van der Waals surface area contributed by atoms with Crippen LogP contribution < -0.4 is 4.90 Å². The maximum absolute atomic E-state index is 14.8. The van der Waals surface area contributed by atoms with Gasteiger partial charge in [-0.1, -0.05) is 11.8 Å². The van der Waals surface area contributed by atoms with Gasteiger partial charge in [-0.05, 0) is 18.6 Å². The molecule has 152 valence electrons. The molecule has 0 bridgehead atoms. The van der Waals surface area contributed by atoms with E-state index in [1.165, 1.54) is 11.2 Å². The first kappa shape index (κ1) is 19.5. The van der Waals surface area contributed by atoms with Crippen molar-refractivity contribution in [2.24, 2.45) is 0 Å². The highest BCUT2D eigenvalue weighted by Gasteiger charge is 2.38. The zero-order chi connectivity index (χ0) is 20.1. The van der Waals surface area contributed by atoms with E-state index in [2.05, 4.69) is 4.74 Å². The molecule has 2 fully saturated rings. The number of nitrogens with zero attached hydrogens (tertiary/aromatic N) is 1. The van der Waals surface area contributed by atoms with Crippen molar-refractivity contribution in [2.75, 3.05) is 31.3 Å². The number of thioether (sulfide) groups is 1. The minimum Gasteiger partial charge on any atom is -0.459 e. The smallest absolute Gasteiger partial charge is 0.459 e. The number of benzene rings is 1. The van der Waals surface area contributed by atoms with Crippen LogP contribution in [0.25, 0.3) is 11.0 Å². The molecule has 11 heteroatoms. The number of anilines is 1. The number of hydrogen-bond acceptors (Lipinski definition) is 6. The third-order valence-corrected chi connectivity index (χ3v) is 5.58. The number of carbonyl (C=O) groups is 1. The summed E-state index contributed by atoms with van der Waals surface area (Å²) in [7, 11) is 0. The van der Waals surface area contributed by atoms with Crippen LogP contribution in [0.2, 0.25) is 0 Å². The van der Waals surface area contributed by atoms with Gasteiger partial charge in [-0.25, -0.2) is 4.39 Å². The first-order valence-electron chi connectivity index (χ1n) is 8.37. The second kappa shape index (κ2) is 7.21. The van der Waals surface area contributed by atoms with Crippen molar-refractivity contribution in [3.05, 3.63) is 29.3 Å². The lowest BCUT2D eigenvalue weighted by molar-refractivity contribution is -0.323. The highest BCUT2D eigenvalue weighted by atomic mass is 32.2. The second-order valence-corrected chi connectivity index (χ2v) is 7.60. The van der Waals surface area contributed by atoms with E-state index in [4.69, 9.17) is 13.9 Å². The van der Waals surface area contributed by atoms with Gasteiger partial charge >= 0.3 is 6.36 Å². The van der Waals surface area contributed by atoms with Crippen LogP contribution in [0.1, 0.15) is 17.4 Å². The van der Waals surface area contributed by atoms with E-state index in [1.807, 2.05) is 0 Å². The molecule has 4 rings (SSSR count). The van der Waals surface area contributed by atoms with Gasteiger partial charge in [0.1, 0.15) is 6.26 Å². The summed E-state index contributed by atoms with van der Waals surface area (Å²) in [5.74, 6) is -0.603. The van der Waals surface area contributed by atoms with Gasteiger partial charge in [-0.3, -0.25) is 14.4 Å². The molecule has 6 nitrogen and oxygen atoms in total. The molecule has 2 aliphatic rings. The molecule has 28 heavy (non-hydrogen) atoms. The van der Waals surface area contributed by atoms with Gasteiger partial charge in [0.25, 0.3) is 5.24 Å². The van der Waals surface area contributed by atoms with Crippen LogP contribution in [0.4, 0.5) is 28.0 Å². The number of rotatable bonds is 4. The van der Waals surface area contributed by atoms with Gasteiger partial charge in [0.15, 0.2) is 17.7 Å². The van der Waals surface area contributed by atoms with Crippen molar-refractivity contribution in [3.63, 3.8) is 0 Å². The molecular weight excluding hydrogens is 406 g/mol. The van der Waals surface area contributed by atoms with Gasteiger partial charge in [0.2, 0.25) is 0 Å². The predicted octanol–water partition coefficient (Wildman–Crippen LogP) is 4.50. The normalized spacial score (nSPS) is 21.4. The third-order valence-electron chi connectivity index (χ3n) is 4.54. The minimum absolute atomic E-state index is 0.0184. The van der Waals surface area contributed by atoms with Gasteiger partial charge < -0.3 is 13.9 Å². The van der Waals surface area contributed by atoms with Gasteiger partial charge in [-0.2, -0.15) is 0 Å². The summed E-state index contributed by atoms with van der Waals surface area (Å²) in [6, 6.07) is 1.63. The first-order chi connectivity index (χ1) is 13.2. The number of hydrogen-bond donors (Lipinski definition) is 0. The molecule has 1 atom stereocenters. The van der Waals surface area contributed by atoms with Crippen LogP contribution in [0.15, 0.2) is 16.7 Å². The number of ether oxygens (including phenoxy) is 3. The van der Waals surface area contributed by atoms with Gasteiger partial charge in [-0.15, -0.1) is 13.2 Å². The number of halogens is 4. The Bertz CT molecular complexity index is 909. The quantitative estimate of drug-likeness (QED) is 0.678. The lowest BCUT2D eigenvalue weighted by Crippen LogP contribution is -2.27. The Kier molecular flexibility index (Phi) is 5.02. The van der Waals surface area contributed by atoms with Crippen LogP contribution in [-0.2, 0) is 14.2 Å². The zero-order valence-corrected chi connectivity index (χ0v) is 15.4. The Hall–Kier alpha value is -1.82. The van der Waals surface area contributed by atoms with Crippen molar-refractivity contribution in [1.82, 2.24) is 0 Å². The van der Waals surface area contributed by atoms with E-state index in [1.54, 1.807) is 13.0 Å². The van der Waals surface area contributed by atoms with Crippen LogP contribution >= 0.6 is 11.8 Å². The molecule has 1 aromatic carbocycles. The molecule has 0 N–H and O–H groups in total. The lowest BCUT2D eigenvalue weighted by Gasteiger charge is -2.16. The monoisotopic (exact) mass is 421 g/mol. The summed E-state index contributed by atoms with van der Waals surface area (Å²) in [5, 5.41) is -0.853. The fourth-order valence-electron chi connectivity index (χ4n) is 3.21. The molecule has 1 amide bonds. The summed E-state index contributed by atoms with van der Waals surface area (Å²) >= 11 is 0.735. The standard InChI is InChI=1S/C17H15F4NO5S/c1-8-10(15-24-2-3-25-15)4-11-12(7-26-14(11)13(8)18)22-5-9(28-16(22)23)6-27-17(19,20)21/h4,7,9,15H,2-3,5-6H2,1H3/t9-/m1/s1. The van der Waals surface area contributed by atoms with Crippen LogP contribution in [0.3, 0.4) is 0 Å². The third kappa shape index (κ3) is 3.59. The number of carbonyl (C=O) groups excluding carboxylic acids is 1. The fourth-order valence-corrected chi connectivity index (χ4v) is 4.16. The van der Waals surface area contributed by atoms with E-state index < -0.39 is 35.6 Å². The Morgan fingerprint density at radius 1 is 1.32 bits per heavy atom. The van der Waals surface area contributed by atoms with Crippen molar-refractivity contribution in [3.8, 4) is 0 Å². The maximum Gasteiger partial charge on any atom is 0.522 e. The molecule has 2 aromatic rings. The van der Waals surface area contributed by atoms with Crippen molar-refractivity contribution < 1.29 is 41.0 Å². The average molecular weight is 421 g/mol. The van der Waals surface area contributed by atoms with Crippen molar-refractivity contribution in [1.29, 1.82) is 0 Å². The molecule has 0 radical (unpaired) electrons. The number of fused-ring (bicyclic) bond motifs is 1. The van der Waals surface area contributed by atoms with Crippen LogP contribution in [0, 0.1) is 12.7 Å². The second-order valence-electron chi connectivity index (χ2n) is 6.35. The predicted molar refractivity (Wildman–Crippen MR) is 91.7 cm³/mol. The zero-order valence-electron chi connectivity index (χ0n) is 14.5. The lowest BCUT2D eigenvalue weighted by atomic mass is 10.0. The van der Waals surface area contributed by atoms with E-state index in [0.29, 0.717) is 29.7 Å².